The molecule has 2 heterocycles. The number of benzene rings is 2. The molecule has 0 radical (unpaired) electrons. The van der Waals surface area contributed by atoms with E-state index < -0.39 is 18.0 Å². The van der Waals surface area contributed by atoms with Gasteiger partial charge in [0.1, 0.15) is 18.2 Å². The van der Waals surface area contributed by atoms with Gasteiger partial charge in [-0.05, 0) is 42.2 Å². The summed E-state index contributed by atoms with van der Waals surface area (Å²) in [6, 6.07) is 11.9. The van der Waals surface area contributed by atoms with Crippen molar-refractivity contribution in [1.82, 2.24) is 14.9 Å². The van der Waals surface area contributed by atoms with Crippen molar-refractivity contribution < 1.29 is 18.7 Å². The molecule has 1 aromatic heterocycles. The third-order valence-corrected chi connectivity index (χ3v) is 5.50. The Labute approximate surface area is 176 Å². The van der Waals surface area contributed by atoms with Crippen molar-refractivity contribution in [3.63, 3.8) is 0 Å². The highest BCUT2D eigenvalue weighted by Gasteiger charge is 2.33. The van der Waals surface area contributed by atoms with Crippen LogP contribution in [0.15, 0.2) is 66.1 Å². The zero-order valence-corrected chi connectivity index (χ0v) is 16.9. The smallest absolute Gasteiger partial charge is 0.414 e. The number of imidazole rings is 1. The Morgan fingerprint density at radius 2 is 2.10 bits per heavy atom. The lowest BCUT2D eigenvalue weighted by Crippen LogP contribution is -2.36. The second-order valence-electron chi connectivity index (χ2n) is 6.67. The molecular weight excluding hydrogens is 407 g/mol. The van der Waals surface area contributed by atoms with Gasteiger partial charge < -0.3 is 10.1 Å². The van der Waals surface area contributed by atoms with Crippen molar-refractivity contribution >= 4 is 29.6 Å². The lowest BCUT2D eigenvalue weighted by Gasteiger charge is -2.15. The molecule has 0 spiro atoms. The molecule has 2 aromatic carbocycles. The van der Waals surface area contributed by atoms with Crippen LogP contribution < -0.4 is 10.2 Å². The second kappa shape index (κ2) is 8.58. The van der Waals surface area contributed by atoms with Gasteiger partial charge in [0.2, 0.25) is 0 Å². The van der Waals surface area contributed by atoms with Crippen LogP contribution in [0.1, 0.15) is 0 Å². The Hall–Kier alpha value is -3.33. The Morgan fingerprint density at radius 1 is 1.30 bits per heavy atom. The molecule has 1 atom stereocenters. The molecule has 1 aliphatic rings. The van der Waals surface area contributed by atoms with Crippen molar-refractivity contribution in [2.75, 3.05) is 24.2 Å². The van der Waals surface area contributed by atoms with Crippen LogP contribution in [-0.2, 0) is 4.74 Å². The first-order valence-electron chi connectivity index (χ1n) is 9.23. The number of nitrogens with zero attached hydrogens (tertiary/aromatic N) is 3. The molecule has 1 saturated heterocycles. The molecule has 1 fully saturated rings. The molecule has 0 aliphatic carbocycles. The summed E-state index contributed by atoms with van der Waals surface area (Å²) in [6.07, 6.45) is 5.25. The number of aromatic nitrogens is 2. The van der Waals surface area contributed by atoms with E-state index in [0.29, 0.717) is 11.3 Å². The van der Waals surface area contributed by atoms with Crippen LogP contribution in [0.3, 0.4) is 0 Å². The highest BCUT2D eigenvalue weighted by Crippen LogP contribution is 2.30. The molecule has 2 amide bonds. The van der Waals surface area contributed by atoms with E-state index in [1.807, 2.05) is 30.5 Å². The number of hydrogen-bond donors (Lipinski definition) is 1. The lowest BCUT2D eigenvalue weighted by molar-refractivity contribution is 0.140. The summed E-state index contributed by atoms with van der Waals surface area (Å²) in [4.78, 5) is 30.5. The van der Waals surface area contributed by atoms with Crippen LogP contribution in [0.4, 0.5) is 19.7 Å². The van der Waals surface area contributed by atoms with E-state index in [1.165, 1.54) is 34.3 Å². The van der Waals surface area contributed by atoms with E-state index in [1.54, 1.807) is 23.9 Å². The highest BCUT2D eigenvalue weighted by molar-refractivity contribution is 7.98. The number of carbonyl (C=O) groups is 2. The zero-order chi connectivity index (χ0) is 21.1. The van der Waals surface area contributed by atoms with Crippen molar-refractivity contribution in [2.24, 2.45) is 0 Å². The van der Waals surface area contributed by atoms with Gasteiger partial charge in [-0.25, -0.2) is 19.0 Å². The van der Waals surface area contributed by atoms with Gasteiger partial charge in [0.05, 0.1) is 18.8 Å². The fourth-order valence-electron chi connectivity index (χ4n) is 3.19. The van der Waals surface area contributed by atoms with Crippen LogP contribution in [0.2, 0.25) is 0 Å². The van der Waals surface area contributed by atoms with E-state index in [0.717, 1.165) is 10.5 Å². The highest BCUT2D eigenvalue weighted by atomic mass is 32.2. The second-order valence-corrected chi connectivity index (χ2v) is 7.54. The number of hydrogen-bond acceptors (Lipinski definition) is 5. The predicted molar refractivity (Wildman–Crippen MR) is 112 cm³/mol. The number of ether oxygens (including phenoxy) is 1. The molecule has 1 aliphatic heterocycles. The van der Waals surface area contributed by atoms with E-state index in [-0.39, 0.29) is 19.1 Å². The van der Waals surface area contributed by atoms with Gasteiger partial charge in [-0.3, -0.25) is 9.47 Å². The average Bonchev–Trinajstić information content (AvgIpc) is 3.42. The summed E-state index contributed by atoms with van der Waals surface area (Å²) >= 11 is 1.62. The van der Waals surface area contributed by atoms with Crippen molar-refractivity contribution in [3.8, 4) is 11.1 Å². The van der Waals surface area contributed by atoms with E-state index in [4.69, 9.17) is 4.74 Å². The van der Waals surface area contributed by atoms with Crippen molar-refractivity contribution in [1.29, 1.82) is 0 Å². The monoisotopic (exact) mass is 426 g/mol. The molecule has 0 unspecified atom stereocenters. The third kappa shape index (κ3) is 4.16. The normalized spacial score (nSPS) is 15.9. The van der Waals surface area contributed by atoms with Crippen LogP contribution in [0.25, 0.3) is 11.1 Å². The minimum Gasteiger partial charge on any atom is -0.442 e. The van der Waals surface area contributed by atoms with E-state index >= 15 is 0 Å². The third-order valence-electron chi connectivity index (χ3n) is 4.76. The van der Waals surface area contributed by atoms with Crippen LogP contribution in [-0.4, -0.2) is 47.1 Å². The van der Waals surface area contributed by atoms with Crippen molar-refractivity contribution in [2.45, 2.75) is 11.0 Å². The average molecular weight is 426 g/mol. The van der Waals surface area contributed by atoms with Gasteiger partial charge in [0, 0.05) is 22.9 Å². The number of anilines is 1. The van der Waals surface area contributed by atoms with Crippen molar-refractivity contribution in [3.05, 3.63) is 67.0 Å². The van der Waals surface area contributed by atoms with Gasteiger partial charge in [-0.15, -0.1) is 11.8 Å². The topological polar surface area (TPSA) is 76.5 Å². The first-order valence-corrected chi connectivity index (χ1v) is 10.5. The molecule has 30 heavy (non-hydrogen) atoms. The fraction of sp³-hybridized carbons (Fsp3) is 0.190. The number of cyclic esters (lactones) is 1. The molecule has 1 N–H and O–H groups in total. The molecule has 9 heteroatoms. The molecule has 7 nitrogen and oxygen atoms in total. The SMILES string of the molecule is CSc1ccc(-c2ccc(N3C[C@H](CNC(=O)n4ccnc4)OC3=O)cc2F)cc1. The molecular formula is C21H19FN4O3S. The number of carbonyl (C=O) groups excluding carboxylic acids is 2. The number of nitrogens with one attached hydrogen (secondary N) is 1. The maximum Gasteiger partial charge on any atom is 0.414 e. The lowest BCUT2D eigenvalue weighted by atomic mass is 10.0. The molecule has 154 valence electrons. The fourth-order valence-corrected chi connectivity index (χ4v) is 3.60. The first-order chi connectivity index (χ1) is 14.5. The van der Waals surface area contributed by atoms with Gasteiger partial charge in [-0.1, -0.05) is 12.1 Å². The molecule has 4 rings (SSSR count). The first kappa shape index (κ1) is 20.0. The minimum atomic E-state index is -0.576. The van der Waals surface area contributed by atoms with Gasteiger partial charge in [-0.2, -0.15) is 0 Å². The maximum atomic E-state index is 14.8. The summed E-state index contributed by atoms with van der Waals surface area (Å²) in [5.74, 6) is -0.422. The zero-order valence-electron chi connectivity index (χ0n) is 16.1. The van der Waals surface area contributed by atoms with E-state index in [9.17, 15) is 14.0 Å². The summed E-state index contributed by atoms with van der Waals surface area (Å²) in [6.45, 7) is 0.353. The largest absolute Gasteiger partial charge is 0.442 e. The summed E-state index contributed by atoms with van der Waals surface area (Å²) in [7, 11) is 0. The number of amides is 2. The summed E-state index contributed by atoms with van der Waals surface area (Å²) in [5.41, 5.74) is 1.63. The summed E-state index contributed by atoms with van der Waals surface area (Å²) < 4.78 is 21.3. The number of thioether (sulfide) groups is 1. The van der Waals surface area contributed by atoms with Crippen LogP contribution in [0, 0.1) is 5.82 Å². The minimum absolute atomic E-state index is 0.140. The van der Waals surface area contributed by atoms with Crippen LogP contribution in [0.5, 0.6) is 0 Å². The number of rotatable bonds is 5. The van der Waals surface area contributed by atoms with E-state index in [2.05, 4.69) is 10.3 Å². The van der Waals surface area contributed by atoms with Crippen LogP contribution >= 0.6 is 11.8 Å². The predicted octanol–water partition coefficient (Wildman–Crippen LogP) is 3.99. The Balaban J connectivity index is 1.42. The Bertz CT molecular complexity index is 1060. The molecule has 0 saturated carbocycles. The Kier molecular flexibility index (Phi) is 5.71. The Morgan fingerprint density at radius 3 is 2.77 bits per heavy atom. The maximum absolute atomic E-state index is 14.8. The quantitative estimate of drug-likeness (QED) is 0.624. The molecule has 3 aromatic rings. The summed E-state index contributed by atoms with van der Waals surface area (Å²) in [5, 5.41) is 2.68. The van der Waals surface area contributed by atoms with Gasteiger partial charge in [0.25, 0.3) is 0 Å². The van der Waals surface area contributed by atoms with Gasteiger partial charge in [0.15, 0.2) is 0 Å². The molecule has 0 bridgehead atoms. The van der Waals surface area contributed by atoms with Gasteiger partial charge >= 0.3 is 12.1 Å². The standard InChI is InChI=1S/C21H19FN4O3S/c1-30-17-5-2-14(3-6-17)18-7-4-15(10-19(18)22)26-12-16(29-21(26)28)11-24-20(27)25-9-8-23-13-25/h2-10,13,16H,11-12H2,1H3,(H,24,27)/t16-/m0/s1. The number of halogens is 1.